The molecule has 0 radical (unpaired) electrons. The van der Waals surface area contributed by atoms with E-state index >= 15 is 0 Å². The molecular formula is C22H18F2N4O2S. The summed E-state index contributed by atoms with van der Waals surface area (Å²) in [5.41, 5.74) is 0.492. The number of carbonyl (C=O) groups is 1. The van der Waals surface area contributed by atoms with Crippen LogP contribution in [-0.4, -0.2) is 46.5 Å². The van der Waals surface area contributed by atoms with Crippen molar-refractivity contribution in [2.75, 3.05) is 31.1 Å². The summed E-state index contributed by atoms with van der Waals surface area (Å²) in [6, 6.07) is 11.2. The van der Waals surface area contributed by atoms with Crippen molar-refractivity contribution in [2.45, 2.75) is 6.54 Å². The van der Waals surface area contributed by atoms with Crippen LogP contribution < -0.4 is 10.5 Å². The van der Waals surface area contributed by atoms with Crippen LogP contribution in [0.2, 0.25) is 0 Å². The minimum absolute atomic E-state index is 0.141. The Morgan fingerprint density at radius 3 is 2.52 bits per heavy atom. The van der Waals surface area contributed by atoms with Crippen LogP contribution in [0.4, 0.5) is 14.5 Å². The monoisotopic (exact) mass is 440 g/mol. The number of rotatable bonds is 3. The Hall–Kier alpha value is -3.33. The fraction of sp³-hybridized carbons (Fsp3) is 0.227. The van der Waals surface area contributed by atoms with Gasteiger partial charge >= 0.3 is 0 Å². The number of para-hydroxylation sites is 1. The summed E-state index contributed by atoms with van der Waals surface area (Å²) in [4.78, 5) is 33.5. The first-order valence-corrected chi connectivity index (χ1v) is 10.7. The Morgan fingerprint density at radius 2 is 1.74 bits per heavy atom. The molecule has 2 aromatic heterocycles. The van der Waals surface area contributed by atoms with Crippen molar-refractivity contribution in [3.63, 3.8) is 0 Å². The summed E-state index contributed by atoms with van der Waals surface area (Å²) < 4.78 is 30.4. The van der Waals surface area contributed by atoms with E-state index in [9.17, 15) is 18.4 Å². The number of amides is 1. The van der Waals surface area contributed by atoms with E-state index in [-0.39, 0.29) is 23.8 Å². The summed E-state index contributed by atoms with van der Waals surface area (Å²) in [6.45, 7) is 1.75. The molecule has 2 aromatic carbocycles. The average molecular weight is 440 g/mol. The summed E-state index contributed by atoms with van der Waals surface area (Å²) in [7, 11) is 0. The highest BCUT2D eigenvalue weighted by Gasteiger charge is 2.23. The third-order valence-electron chi connectivity index (χ3n) is 5.55. The lowest BCUT2D eigenvalue weighted by molar-refractivity contribution is -0.132. The lowest BCUT2D eigenvalue weighted by Crippen LogP contribution is -2.50. The first-order chi connectivity index (χ1) is 15.0. The molecule has 6 nitrogen and oxygen atoms in total. The summed E-state index contributed by atoms with van der Waals surface area (Å²) in [5, 5.41) is 0.336. The highest BCUT2D eigenvalue weighted by Crippen LogP contribution is 2.31. The molecule has 0 spiro atoms. The fourth-order valence-corrected chi connectivity index (χ4v) is 5.05. The SMILES string of the molecule is O=C(Cn1cnc2c(sc3cccc(F)c32)c1=O)N1CCN(c2ccccc2F)CC1. The second-order valence-corrected chi connectivity index (χ2v) is 8.44. The van der Waals surface area contributed by atoms with Gasteiger partial charge in [-0.25, -0.2) is 13.8 Å². The molecule has 3 heterocycles. The maximum absolute atomic E-state index is 14.2. The number of aromatic nitrogens is 2. The Kier molecular flexibility index (Phi) is 4.90. The van der Waals surface area contributed by atoms with Gasteiger partial charge in [-0.15, -0.1) is 11.3 Å². The zero-order chi connectivity index (χ0) is 21.5. The average Bonchev–Trinajstić information content (AvgIpc) is 3.17. The van der Waals surface area contributed by atoms with E-state index in [2.05, 4.69) is 4.98 Å². The molecule has 1 aliphatic heterocycles. The third-order valence-corrected chi connectivity index (χ3v) is 6.68. The molecule has 0 bridgehead atoms. The number of hydrogen-bond acceptors (Lipinski definition) is 5. The van der Waals surface area contributed by atoms with E-state index in [1.807, 2.05) is 4.90 Å². The number of hydrogen-bond donors (Lipinski definition) is 0. The van der Waals surface area contributed by atoms with Gasteiger partial charge in [0.15, 0.2) is 0 Å². The van der Waals surface area contributed by atoms with Crippen LogP contribution in [0, 0.1) is 11.6 Å². The number of anilines is 1. The second kappa shape index (κ2) is 7.73. The molecule has 5 rings (SSSR count). The van der Waals surface area contributed by atoms with Crippen molar-refractivity contribution in [1.82, 2.24) is 14.5 Å². The number of nitrogens with zero attached hydrogens (tertiary/aromatic N) is 4. The Labute approximate surface area is 179 Å². The van der Waals surface area contributed by atoms with E-state index in [0.717, 1.165) is 0 Å². The van der Waals surface area contributed by atoms with Gasteiger partial charge in [0.25, 0.3) is 5.56 Å². The minimum atomic E-state index is -0.419. The fourth-order valence-electron chi connectivity index (χ4n) is 3.93. The number of fused-ring (bicyclic) bond motifs is 3. The molecule has 1 amide bonds. The summed E-state index contributed by atoms with van der Waals surface area (Å²) in [5.74, 6) is -0.908. The molecule has 0 aliphatic carbocycles. The molecule has 9 heteroatoms. The zero-order valence-corrected chi connectivity index (χ0v) is 17.2. The van der Waals surface area contributed by atoms with Gasteiger partial charge in [-0.3, -0.25) is 14.2 Å². The number of carbonyl (C=O) groups excluding carboxylic acids is 1. The van der Waals surface area contributed by atoms with Gasteiger partial charge in [-0.2, -0.15) is 0 Å². The van der Waals surface area contributed by atoms with Crippen molar-refractivity contribution in [3.8, 4) is 0 Å². The van der Waals surface area contributed by atoms with Crippen LogP contribution in [0.15, 0.2) is 53.6 Å². The van der Waals surface area contributed by atoms with Crippen molar-refractivity contribution < 1.29 is 13.6 Å². The Balaban J connectivity index is 1.33. The largest absolute Gasteiger partial charge is 0.366 e. The van der Waals surface area contributed by atoms with Crippen molar-refractivity contribution in [2.24, 2.45) is 0 Å². The van der Waals surface area contributed by atoms with Gasteiger partial charge in [-0.05, 0) is 24.3 Å². The van der Waals surface area contributed by atoms with E-state index in [1.165, 1.54) is 34.4 Å². The van der Waals surface area contributed by atoms with Crippen LogP contribution in [0.1, 0.15) is 0 Å². The van der Waals surface area contributed by atoms with Crippen molar-refractivity contribution in [3.05, 3.63) is 70.8 Å². The number of benzene rings is 2. The number of thiophene rings is 1. The predicted octanol–water partition coefficient (Wildman–Crippen LogP) is 3.24. The lowest BCUT2D eigenvalue weighted by Gasteiger charge is -2.36. The van der Waals surface area contributed by atoms with Crippen LogP contribution in [0.3, 0.4) is 0 Å². The molecule has 158 valence electrons. The number of halogens is 2. The summed E-state index contributed by atoms with van der Waals surface area (Å²) in [6.07, 6.45) is 1.30. The molecule has 0 N–H and O–H groups in total. The van der Waals surface area contributed by atoms with Crippen molar-refractivity contribution >= 4 is 43.2 Å². The van der Waals surface area contributed by atoms with Gasteiger partial charge in [0.05, 0.1) is 22.9 Å². The molecule has 4 aromatic rings. The molecule has 1 aliphatic rings. The Morgan fingerprint density at radius 1 is 1.00 bits per heavy atom. The molecule has 31 heavy (non-hydrogen) atoms. The first-order valence-electron chi connectivity index (χ1n) is 9.86. The minimum Gasteiger partial charge on any atom is -0.366 e. The topological polar surface area (TPSA) is 58.4 Å². The molecule has 0 saturated carbocycles. The van der Waals surface area contributed by atoms with Gasteiger partial charge in [-0.1, -0.05) is 18.2 Å². The van der Waals surface area contributed by atoms with Crippen LogP contribution in [0.25, 0.3) is 20.3 Å². The van der Waals surface area contributed by atoms with Gasteiger partial charge in [0.1, 0.15) is 22.9 Å². The van der Waals surface area contributed by atoms with Crippen LogP contribution in [0.5, 0.6) is 0 Å². The summed E-state index contributed by atoms with van der Waals surface area (Å²) >= 11 is 1.18. The normalized spacial score (nSPS) is 14.5. The quantitative estimate of drug-likeness (QED) is 0.491. The predicted molar refractivity (Wildman–Crippen MR) is 117 cm³/mol. The van der Waals surface area contributed by atoms with Crippen molar-refractivity contribution in [1.29, 1.82) is 0 Å². The Bertz CT molecular complexity index is 1360. The van der Waals surface area contributed by atoms with Gasteiger partial charge in [0, 0.05) is 30.9 Å². The molecular weight excluding hydrogens is 422 g/mol. The second-order valence-electron chi connectivity index (χ2n) is 7.39. The van der Waals surface area contributed by atoms with E-state index < -0.39 is 5.82 Å². The smallest absolute Gasteiger partial charge is 0.271 e. The first kappa shape index (κ1) is 19.6. The maximum Gasteiger partial charge on any atom is 0.271 e. The highest BCUT2D eigenvalue weighted by atomic mass is 32.1. The number of piperazine rings is 1. The molecule has 1 saturated heterocycles. The highest BCUT2D eigenvalue weighted by molar-refractivity contribution is 7.25. The molecule has 1 fully saturated rings. The zero-order valence-electron chi connectivity index (χ0n) is 16.4. The third kappa shape index (κ3) is 3.44. The molecule has 0 unspecified atom stereocenters. The van der Waals surface area contributed by atoms with E-state index in [0.29, 0.717) is 52.2 Å². The van der Waals surface area contributed by atoms with Gasteiger partial charge < -0.3 is 9.80 Å². The van der Waals surface area contributed by atoms with E-state index in [1.54, 1.807) is 35.2 Å². The van der Waals surface area contributed by atoms with E-state index in [4.69, 9.17) is 0 Å². The van der Waals surface area contributed by atoms with Gasteiger partial charge in [0.2, 0.25) is 5.91 Å². The standard InChI is InChI=1S/C22H18F2N4O2S/c23-14-4-1-2-6-16(14)26-8-10-27(11-9-26)18(29)12-28-13-25-20-19-15(24)5-3-7-17(19)31-21(20)22(28)30/h1-7,13H,8-12H2. The maximum atomic E-state index is 14.2. The van der Waals surface area contributed by atoms with Crippen LogP contribution >= 0.6 is 11.3 Å². The van der Waals surface area contributed by atoms with Crippen LogP contribution in [-0.2, 0) is 11.3 Å². The lowest BCUT2D eigenvalue weighted by atomic mass is 10.2. The molecule has 0 atom stereocenters.